The van der Waals surface area contributed by atoms with Crippen molar-refractivity contribution >= 4 is 0 Å². The minimum absolute atomic E-state index is 0.176. The molecule has 3 heterocycles. The molecule has 1 atom stereocenters. The van der Waals surface area contributed by atoms with E-state index in [-0.39, 0.29) is 6.10 Å². The van der Waals surface area contributed by atoms with Gasteiger partial charge in [-0.2, -0.15) is 0 Å². The monoisotopic (exact) mass is 343 g/mol. The Balaban J connectivity index is 1.42. The van der Waals surface area contributed by atoms with Crippen LogP contribution in [0.1, 0.15) is 18.7 Å². The summed E-state index contributed by atoms with van der Waals surface area (Å²) in [6.07, 6.45) is 4.45. The second kappa shape index (κ2) is 7.56. The highest BCUT2D eigenvalue weighted by atomic mass is 16.5. The number of benzene rings is 1. The van der Waals surface area contributed by atoms with Gasteiger partial charge in [0.1, 0.15) is 18.2 Å². The van der Waals surface area contributed by atoms with Gasteiger partial charge in [-0.1, -0.05) is 12.1 Å². The van der Waals surface area contributed by atoms with E-state index in [2.05, 4.69) is 16.1 Å². The van der Waals surface area contributed by atoms with Crippen LogP contribution < -0.4 is 10.1 Å². The molecule has 25 heavy (non-hydrogen) atoms. The summed E-state index contributed by atoms with van der Waals surface area (Å²) in [4.78, 5) is 4.74. The first-order chi connectivity index (χ1) is 12.3. The normalized spacial score (nSPS) is 21.1. The van der Waals surface area contributed by atoms with Gasteiger partial charge in [0.15, 0.2) is 0 Å². The highest BCUT2D eigenvalue weighted by molar-refractivity contribution is 5.66. The molecule has 0 radical (unpaired) electrons. The lowest BCUT2D eigenvalue weighted by atomic mass is 10.1. The molecule has 2 aliphatic rings. The second-order valence-electron chi connectivity index (χ2n) is 6.62. The molecule has 0 bridgehead atoms. The smallest absolute Gasteiger partial charge is 0.135 e. The van der Waals surface area contributed by atoms with Gasteiger partial charge in [0.2, 0.25) is 0 Å². The molecule has 0 unspecified atom stereocenters. The van der Waals surface area contributed by atoms with E-state index in [1.807, 2.05) is 24.3 Å². The van der Waals surface area contributed by atoms with E-state index in [4.69, 9.17) is 19.2 Å². The maximum Gasteiger partial charge on any atom is 0.135 e. The number of rotatable bonds is 5. The molecule has 0 amide bonds. The fourth-order valence-corrected chi connectivity index (χ4v) is 3.50. The van der Waals surface area contributed by atoms with E-state index in [1.165, 1.54) is 0 Å². The zero-order valence-electron chi connectivity index (χ0n) is 14.6. The standard InChI is InChI=1S/C19H25N3O3/c1-23-18-5-3-2-4-16(18)17-12-22-11-15(25-13-19(22)21-17)10-20-14-6-8-24-9-7-14/h2-5,12,14-15,20H,6-11,13H2,1H3/t15-/m0/s1. The lowest BCUT2D eigenvalue weighted by Crippen LogP contribution is -2.42. The van der Waals surface area contributed by atoms with Crippen LogP contribution in [0.3, 0.4) is 0 Å². The molecular formula is C19H25N3O3. The van der Waals surface area contributed by atoms with Crippen LogP contribution in [-0.2, 0) is 22.6 Å². The van der Waals surface area contributed by atoms with Gasteiger partial charge in [0, 0.05) is 37.6 Å². The third kappa shape index (κ3) is 3.71. The van der Waals surface area contributed by atoms with E-state index in [1.54, 1.807) is 7.11 Å². The first-order valence-electron chi connectivity index (χ1n) is 8.95. The highest BCUT2D eigenvalue weighted by Crippen LogP contribution is 2.30. The second-order valence-corrected chi connectivity index (χ2v) is 6.62. The number of hydrogen-bond acceptors (Lipinski definition) is 5. The van der Waals surface area contributed by atoms with Gasteiger partial charge in [-0.25, -0.2) is 4.98 Å². The van der Waals surface area contributed by atoms with Crippen molar-refractivity contribution in [2.24, 2.45) is 0 Å². The van der Waals surface area contributed by atoms with Crippen molar-refractivity contribution in [1.29, 1.82) is 0 Å². The zero-order chi connectivity index (χ0) is 17.1. The number of nitrogens with zero attached hydrogens (tertiary/aromatic N) is 2. The Morgan fingerprint density at radius 1 is 1.28 bits per heavy atom. The van der Waals surface area contributed by atoms with Crippen molar-refractivity contribution in [1.82, 2.24) is 14.9 Å². The van der Waals surface area contributed by atoms with Crippen LogP contribution >= 0.6 is 0 Å². The molecule has 6 heteroatoms. The molecule has 1 fully saturated rings. The Kier molecular flexibility index (Phi) is 5.01. The lowest BCUT2D eigenvalue weighted by Gasteiger charge is -2.28. The van der Waals surface area contributed by atoms with Crippen molar-refractivity contribution in [3.8, 4) is 17.0 Å². The topological polar surface area (TPSA) is 57.5 Å². The van der Waals surface area contributed by atoms with Crippen LogP contribution in [0.5, 0.6) is 5.75 Å². The van der Waals surface area contributed by atoms with Crippen LogP contribution in [0.4, 0.5) is 0 Å². The summed E-state index contributed by atoms with van der Waals surface area (Å²) in [5, 5.41) is 3.62. The minimum atomic E-state index is 0.176. The SMILES string of the molecule is COc1ccccc1-c1cn2c(n1)CO[C@@H](CNC1CCOCC1)C2. The van der Waals surface area contributed by atoms with Crippen LogP contribution in [0, 0.1) is 0 Å². The summed E-state index contributed by atoms with van der Waals surface area (Å²) in [7, 11) is 1.69. The summed E-state index contributed by atoms with van der Waals surface area (Å²) in [5.41, 5.74) is 1.96. The van der Waals surface area contributed by atoms with Crippen molar-refractivity contribution < 1.29 is 14.2 Å². The number of hydrogen-bond donors (Lipinski definition) is 1. The molecule has 0 aliphatic carbocycles. The Morgan fingerprint density at radius 3 is 2.96 bits per heavy atom. The summed E-state index contributed by atoms with van der Waals surface area (Å²) >= 11 is 0. The van der Waals surface area contributed by atoms with E-state index >= 15 is 0 Å². The quantitative estimate of drug-likeness (QED) is 0.902. The van der Waals surface area contributed by atoms with Gasteiger partial charge in [-0.3, -0.25) is 0 Å². The van der Waals surface area contributed by atoms with Crippen LogP contribution in [0.15, 0.2) is 30.5 Å². The summed E-state index contributed by atoms with van der Waals surface area (Å²) < 4.78 is 19.1. The largest absolute Gasteiger partial charge is 0.496 e. The van der Waals surface area contributed by atoms with Crippen molar-refractivity contribution in [3.63, 3.8) is 0 Å². The van der Waals surface area contributed by atoms with Gasteiger partial charge < -0.3 is 24.1 Å². The van der Waals surface area contributed by atoms with Gasteiger partial charge in [0.25, 0.3) is 0 Å². The minimum Gasteiger partial charge on any atom is -0.496 e. The molecule has 0 spiro atoms. The third-order valence-corrected chi connectivity index (χ3v) is 4.95. The number of fused-ring (bicyclic) bond motifs is 1. The number of nitrogens with one attached hydrogen (secondary N) is 1. The predicted molar refractivity (Wildman–Crippen MR) is 94.6 cm³/mol. The van der Waals surface area contributed by atoms with Gasteiger partial charge >= 0.3 is 0 Å². The molecule has 2 aliphatic heterocycles. The van der Waals surface area contributed by atoms with Crippen molar-refractivity contribution in [3.05, 3.63) is 36.3 Å². The predicted octanol–water partition coefficient (Wildman–Crippen LogP) is 2.23. The van der Waals surface area contributed by atoms with E-state index in [9.17, 15) is 0 Å². The van der Waals surface area contributed by atoms with Gasteiger partial charge in [-0.15, -0.1) is 0 Å². The molecule has 0 saturated carbocycles. The molecule has 6 nitrogen and oxygen atoms in total. The lowest BCUT2D eigenvalue weighted by molar-refractivity contribution is -0.00218. The average molecular weight is 343 g/mol. The first-order valence-corrected chi connectivity index (χ1v) is 8.95. The third-order valence-electron chi connectivity index (χ3n) is 4.95. The van der Waals surface area contributed by atoms with Gasteiger partial charge in [0.05, 0.1) is 25.5 Å². The fourth-order valence-electron chi connectivity index (χ4n) is 3.50. The van der Waals surface area contributed by atoms with Crippen molar-refractivity contribution in [2.45, 2.75) is 38.1 Å². The van der Waals surface area contributed by atoms with Crippen LogP contribution in [0.2, 0.25) is 0 Å². The molecule has 134 valence electrons. The van der Waals surface area contributed by atoms with E-state index in [0.29, 0.717) is 12.6 Å². The molecule has 1 N–H and O–H groups in total. The number of ether oxygens (including phenoxy) is 3. The number of imidazole rings is 1. The highest BCUT2D eigenvalue weighted by Gasteiger charge is 2.23. The average Bonchev–Trinajstić information content (AvgIpc) is 3.10. The Bertz CT molecular complexity index is 710. The molecular weight excluding hydrogens is 318 g/mol. The Morgan fingerprint density at radius 2 is 2.12 bits per heavy atom. The number of aromatic nitrogens is 2. The van der Waals surface area contributed by atoms with Crippen LogP contribution in [-0.4, -0.2) is 48.6 Å². The summed E-state index contributed by atoms with van der Waals surface area (Å²) in [6, 6.07) is 8.53. The maximum absolute atomic E-state index is 5.99. The van der Waals surface area contributed by atoms with E-state index in [0.717, 1.165) is 62.0 Å². The summed E-state index contributed by atoms with van der Waals surface area (Å²) in [5.74, 6) is 1.82. The van der Waals surface area contributed by atoms with Gasteiger partial charge in [-0.05, 0) is 25.0 Å². The van der Waals surface area contributed by atoms with Crippen LogP contribution in [0.25, 0.3) is 11.3 Å². The molecule has 1 aromatic carbocycles. The molecule has 1 saturated heterocycles. The molecule has 4 rings (SSSR count). The number of methoxy groups -OCH3 is 1. The zero-order valence-corrected chi connectivity index (χ0v) is 14.6. The molecule has 2 aromatic rings. The van der Waals surface area contributed by atoms with Crippen molar-refractivity contribution in [2.75, 3.05) is 26.9 Å². The van der Waals surface area contributed by atoms with E-state index < -0.39 is 0 Å². The molecule has 1 aromatic heterocycles. The Hall–Kier alpha value is -1.89. The Labute approximate surface area is 148 Å². The number of para-hydroxylation sites is 1. The maximum atomic E-state index is 5.99. The fraction of sp³-hybridized carbons (Fsp3) is 0.526. The summed E-state index contributed by atoms with van der Waals surface area (Å²) in [6.45, 7) is 3.96. The first kappa shape index (κ1) is 16.6.